The van der Waals surface area contributed by atoms with Crippen LogP contribution in [0.4, 0.5) is 0 Å². The van der Waals surface area contributed by atoms with Gasteiger partial charge in [0, 0.05) is 18.9 Å². The Hall–Kier alpha value is -1.31. The van der Waals surface area contributed by atoms with Crippen LogP contribution in [0.1, 0.15) is 19.5 Å². The zero-order valence-electron chi connectivity index (χ0n) is 8.32. The second kappa shape index (κ2) is 4.08. The Labute approximate surface area is 78.9 Å². The molecule has 0 saturated carbocycles. The van der Waals surface area contributed by atoms with Crippen LogP contribution in [0, 0.1) is 5.92 Å². The average molecular weight is 177 g/mol. The van der Waals surface area contributed by atoms with Crippen LogP contribution in [0.15, 0.2) is 23.9 Å². The van der Waals surface area contributed by atoms with Gasteiger partial charge >= 0.3 is 0 Å². The summed E-state index contributed by atoms with van der Waals surface area (Å²) in [5.74, 6) is 0.285. The Bertz CT molecular complexity index is 321. The average Bonchev–Trinajstić information content (AvgIpc) is 2.46. The van der Waals surface area contributed by atoms with Gasteiger partial charge in [-0.2, -0.15) is 0 Å². The smallest absolute Gasteiger partial charge is 0.146 e. The van der Waals surface area contributed by atoms with E-state index in [1.165, 1.54) is 0 Å². The first-order valence-electron chi connectivity index (χ1n) is 4.43. The number of carbonyl (C=O) groups is 1. The predicted molar refractivity (Wildman–Crippen MR) is 54.3 cm³/mol. The summed E-state index contributed by atoms with van der Waals surface area (Å²) in [6.45, 7) is 4.03. The van der Waals surface area contributed by atoms with Crippen LogP contribution in [0.25, 0.3) is 6.08 Å². The number of allylic oxidation sites excluding steroid dienone is 1. The zero-order chi connectivity index (χ0) is 9.84. The fraction of sp³-hybridized carbons (Fsp3) is 0.364. The SMILES string of the molecule is CC(C)C(C=O)=Cc1cccn1C. The summed E-state index contributed by atoms with van der Waals surface area (Å²) >= 11 is 0. The van der Waals surface area contributed by atoms with Gasteiger partial charge < -0.3 is 4.57 Å². The van der Waals surface area contributed by atoms with E-state index in [-0.39, 0.29) is 5.92 Å². The van der Waals surface area contributed by atoms with E-state index in [9.17, 15) is 4.79 Å². The highest BCUT2D eigenvalue weighted by molar-refractivity contribution is 5.81. The molecule has 0 aliphatic heterocycles. The fourth-order valence-corrected chi connectivity index (χ4v) is 1.13. The molecule has 0 atom stereocenters. The van der Waals surface area contributed by atoms with Crippen molar-refractivity contribution in [2.24, 2.45) is 13.0 Å². The second-order valence-electron chi connectivity index (χ2n) is 3.46. The van der Waals surface area contributed by atoms with Crippen molar-refractivity contribution in [3.05, 3.63) is 29.6 Å². The minimum absolute atomic E-state index is 0.285. The summed E-state index contributed by atoms with van der Waals surface area (Å²) in [6, 6.07) is 3.96. The molecule has 1 aromatic heterocycles. The molecule has 0 fully saturated rings. The summed E-state index contributed by atoms with van der Waals surface area (Å²) in [5, 5.41) is 0. The third-order valence-corrected chi connectivity index (χ3v) is 2.10. The topological polar surface area (TPSA) is 22.0 Å². The number of hydrogen-bond acceptors (Lipinski definition) is 1. The highest BCUT2D eigenvalue weighted by atomic mass is 16.1. The monoisotopic (exact) mass is 177 g/mol. The molecule has 13 heavy (non-hydrogen) atoms. The Morgan fingerprint density at radius 3 is 2.62 bits per heavy atom. The van der Waals surface area contributed by atoms with Crippen molar-refractivity contribution in [3.8, 4) is 0 Å². The van der Waals surface area contributed by atoms with Crippen molar-refractivity contribution >= 4 is 12.4 Å². The van der Waals surface area contributed by atoms with Crippen LogP contribution >= 0.6 is 0 Å². The minimum atomic E-state index is 0.285. The number of aryl methyl sites for hydroxylation is 1. The molecule has 0 aliphatic carbocycles. The lowest BCUT2D eigenvalue weighted by Gasteiger charge is -2.03. The predicted octanol–water partition coefficient (Wildman–Crippen LogP) is 2.26. The molecule has 0 saturated heterocycles. The van der Waals surface area contributed by atoms with Crippen LogP contribution < -0.4 is 0 Å². The Balaban J connectivity index is 2.98. The van der Waals surface area contributed by atoms with E-state index in [4.69, 9.17) is 0 Å². The van der Waals surface area contributed by atoms with Crippen LogP contribution in [0.3, 0.4) is 0 Å². The molecule has 2 nitrogen and oxygen atoms in total. The number of nitrogens with zero attached hydrogens (tertiary/aromatic N) is 1. The molecule has 0 spiro atoms. The molecule has 0 unspecified atom stereocenters. The van der Waals surface area contributed by atoms with E-state index in [0.717, 1.165) is 17.6 Å². The van der Waals surface area contributed by atoms with Gasteiger partial charge in [0.05, 0.1) is 0 Å². The standard InChI is InChI=1S/C11H15NO/c1-9(2)10(8-13)7-11-5-4-6-12(11)3/h4-9H,1-3H3. The van der Waals surface area contributed by atoms with E-state index in [0.29, 0.717) is 0 Å². The maximum absolute atomic E-state index is 10.7. The van der Waals surface area contributed by atoms with Gasteiger partial charge in [-0.3, -0.25) is 4.79 Å². The normalized spacial score (nSPS) is 12.2. The summed E-state index contributed by atoms with van der Waals surface area (Å²) in [4.78, 5) is 10.7. The van der Waals surface area contributed by atoms with Crippen LogP contribution in [0.2, 0.25) is 0 Å². The lowest BCUT2D eigenvalue weighted by molar-refractivity contribution is -0.105. The van der Waals surface area contributed by atoms with Gasteiger partial charge in [0.2, 0.25) is 0 Å². The van der Waals surface area contributed by atoms with Crippen molar-refractivity contribution in [2.45, 2.75) is 13.8 Å². The number of aromatic nitrogens is 1. The molecule has 0 bridgehead atoms. The maximum atomic E-state index is 10.7. The van der Waals surface area contributed by atoms with Gasteiger partial charge in [-0.15, -0.1) is 0 Å². The van der Waals surface area contributed by atoms with Crippen molar-refractivity contribution < 1.29 is 4.79 Å². The van der Waals surface area contributed by atoms with Gasteiger partial charge in [0.25, 0.3) is 0 Å². The van der Waals surface area contributed by atoms with Gasteiger partial charge in [-0.1, -0.05) is 13.8 Å². The number of hydrogen-bond donors (Lipinski definition) is 0. The molecule has 1 heterocycles. The zero-order valence-corrected chi connectivity index (χ0v) is 8.32. The van der Waals surface area contributed by atoms with Gasteiger partial charge in [0.15, 0.2) is 0 Å². The van der Waals surface area contributed by atoms with Crippen LogP contribution in [-0.4, -0.2) is 10.9 Å². The first kappa shape index (κ1) is 9.78. The largest absolute Gasteiger partial charge is 0.351 e. The van der Waals surface area contributed by atoms with Crippen LogP contribution in [0.5, 0.6) is 0 Å². The maximum Gasteiger partial charge on any atom is 0.146 e. The molecular weight excluding hydrogens is 162 g/mol. The molecule has 0 radical (unpaired) electrons. The first-order valence-corrected chi connectivity index (χ1v) is 4.43. The number of rotatable bonds is 3. The summed E-state index contributed by atoms with van der Waals surface area (Å²) in [7, 11) is 1.97. The summed E-state index contributed by atoms with van der Waals surface area (Å²) in [5.41, 5.74) is 1.90. The van der Waals surface area contributed by atoms with E-state index in [2.05, 4.69) is 0 Å². The highest BCUT2D eigenvalue weighted by Crippen LogP contribution is 2.12. The van der Waals surface area contributed by atoms with Crippen molar-refractivity contribution in [3.63, 3.8) is 0 Å². The lowest BCUT2D eigenvalue weighted by atomic mass is 10.0. The van der Waals surface area contributed by atoms with Gasteiger partial charge in [-0.25, -0.2) is 0 Å². The Kier molecular flexibility index (Phi) is 3.07. The summed E-state index contributed by atoms with van der Waals surface area (Å²) < 4.78 is 1.99. The summed E-state index contributed by atoms with van der Waals surface area (Å²) in [6.07, 6.45) is 4.82. The molecule has 0 amide bonds. The Morgan fingerprint density at radius 1 is 1.54 bits per heavy atom. The van der Waals surface area contributed by atoms with Crippen molar-refractivity contribution in [1.29, 1.82) is 0 Å². The fourth-order valence-electron chi connectivity index (χ4n) is 1.13. The van der Waals surface area contributed by atoms with Gasteiger partial charge in [-0.05, 0) is 29.7 Å². The molecule has 0 aliphatic rings. The van der Waals surface area contributed by atoms with Crippen molar-refractivity contribution in [1.82, 2.24) is 4.57 Å². The quantitative estimate of drug-likeness (QED) is 0.512. The molecular formula is C11H15NO. The van der Waals surface area contributed by atoms with Gasteiger partial charge in [0.1, 0.15) is 6.29 Å². The van der Waals surface area contributed by atoms with Crippen molar-refractivity contribution in [2.75, 3.05) is 0 Å². The van der Waals surface area contributed by atoms with Crippen LogP contribution in [-0.2, 0) is 11.8 Å². The van der Waals surface area contributed by atoms with E-state index >= 15 is 0 Å². The van der Waals surface area contributed by atoms with E-state index in [1.54, 1.807) is 0 Å². The third kappa shape index (κ3) is 2.31. The number of carbonyl (C=O) groups excluding carboxylic acids is 1. The van der Waals surface area contributed by atoms with E-state index < -0.39 is 0 Å². The molecule has 0 N–H and O–H groups in total. The molecule has 1 rings (SSSR count). The Morgan fingerprint density at radius 2 is 2.23 bits per heavy atom. The number of aldehydes is 1. The molecule has 0 aromatic carbocycles. The van der Waals surface area contributed by atoms with E-state index in [1.807, 2.05) is 49.9 Å². The molecule has 1 aromatic rings. The second-order valence-corrected chi connectivity index (χ2v) is 3.46. The minimum Gasteiger partial charge on any atom is -0.351 e. The molecule has 2 heteroatoms. The lowest BCUT2D eigenvalue weighted by Crippen LogP contribution is -1.97. The highest BCUT2D eigenvalue weighted by Gasteiger charge is 2.02. The first-order chi connectivity index (χ1) is 6.15. The third-order valence-electron chi connectivity index (χ3n) is 2.10. The molecule has 70 valence electrons.